The molecule has 0 bridgehead atoms. The van der Waals surface area contributed by atoms with Gasteiger partial charge >= 0.3 is 0 Å². The van der Waals surface area contributed by atoms with Crippen LogP contribution < -0.4 is 0 Å². The van der Waals surface area contributed by atoms with Gasteiger partial charge in [0.15, 0.2) is 34.9 Å². The Kier molecular flexibility index (Phi) is 16.2. The molecule has 8 aromatic heterocycles. The van der Waals surface area contributed by atoms with Crippen LogP contribution in [0.2, 0.25) is 0 Å². The van der Waals surface area contributed by atoms with E-state index in [1.165, 1.54) is 159 Å². The van der Waals surface area contributed by atoms with Gasteiger partial charge in [-0.1, -0.05) is 350 Å². The van der Waals surface area contributed by atoms with E-state index in [1.807, 2.05) is 180 Å². The molecule has 626 valence electrons. The molecule has 127 heavy (non-hydrogen) atoms. The summed E-state index contributed by atoms with van der Waals surface area (Å²) in [7, 11) is 0. The lowest BCUT2D eigenvalue weighted by Gasteiger charge is -2.11. The molecule has 0 fully saturated rings. The summed E-state index contributed by atoms with van der Waals surface area (Å²) < 4.78 is 151. The average Bonchev–Trinajstić information content (AvgIpc) is 1.59. The number of hydrogen-bond acceptors (Lipinski definition) is 9. The van der Waals surface area contributed by atoms with Crippen molar-refractivity contribution in [3.8, 4) is 107 Å². The molecule has 9 nitrogen and oxygen atoms in total. The maximum absolute atomic E-state index is 5.00. The zero-order valence-electron chi connectivity index (χ0n) is 96.1. The third kappa shape index (κ3) is 14.5. The Hall–Kier alpha value is -15.5. The molecule has 0 amide bonds. The maximum atomic E-state index is 5.00. The van der Waals surface area contributed by atoms with Crippen LogP contribution in [0, 0.1) is 0 Å². The lowest BCUT2D eigenvalue weighted by atomic mass is 10.0. The minimum atomic E-state index is 0.644. The molecule has 0 spiro atoms. The molecule has 0 aliphatic heterocycles. The number of aromatic amines is 2. The van der Waals surface area contributed by atoms with Crippen molar-refractivity contribution in [3.05, 3.63) is 429 Å². The lowest BCUT2D eigenvalue weighted by Crippen LogP contribution is -2.00. The molecular formula is C114H100BrN9S3. The summed E-state index contributed by atoms with van der Waals surface area (Å²) in [6.45, 7) is 0. The summed E-state index contributed by atoms with van der Waals surface area (Å²) in [6.07, 6.45) is 0. The number of thiophene rings is 3. The van der Waals surface area contributed by atoms with Crippen LogP contribution in [0.25, 0.3) is 233 Å². The molecule has 13 heteroatoms. The van der Waals surface area contributed by atoms with Crippen molar-refractivity contribution in [2.24, 2.45) is 0 Å². The van der Waals surface area contributed by atoms with Gasteiger partial charge in [0.05, 0.1) is 11.0 Å². The zero-order chi connectivity index (χ0) is 112. The summed E-state index contributed by atoms with van der Waals surface area (Å²) in [6, 6.07) is 149. The van der Waals surface area contributed by atoms with Gasteiger partial charge < -0.3 is 14.5 Å². The van der Waals surface area contributed by atoms with Crippen LogP contribution in [-0.4, -0.2) is 44.4 Å². The number of H-pyrrole nitrogens is 2. The van der Waals surface area contributed by atoms with Gasteiger partial charge in [-0.3, -0.25) is 0 Å². The van der Waals surface area contributed by atoms with Crippen molar-refractivity contribution in [2.45, 2.75) is 0 Å². The fourth-order valence-electron chi connectivity index (χ4n) is 17.6. The number of rotatable bonds is 10. The minimum Gasteiger partial charge on any atom is -0.354 e. The monoisotopic (exact) mass is 1800 g/mol. The van der Waals surface area contributed by atoms with Gasteiger partial charge in [0.2, 0.25) is 0 Å². The first-order valence-corrected chi connectivity index (χ1v) is 45.5. The van der Waals surface area contributed by atoms with Crippen molar-refractivity contribution in [1.82, 2.24) is 44.4 Å². The largest absolute Gasteiger partial charge is 0.354 e. The molecule has 0 radical (unpaired) electrons. The predicted octanol–water partition coefficient (Wildman–Crippen LogP) is 35.8. The predicted molar refractivity (Wildman–Crippen MR) is 570 cm³/mol. The van der Waals surface area contributed by atoms with Gasteiger partial charge in [0, 0.05) is 200 Å². The summed E-state index contributed by atoms with van der Waals surface area (Å²) in [5.41, 5.74) is 21.6. The van der Waals surface area contributed by atoms with Crippen LogP contribution in [-0.2, 0) is 0 Å². The van der Waals surface area contributed by atoms with Crippen LogP contribution in [0.4, 0.5) is 0 Å². The number of benzene rings is 18. The van der Waals surface area contributed by atoms with E-state index in [-0.39, 0.29) is 0 Å². The second-order valence-corrected chi connectivity index (χ2v) is 35.5. The van der Waals surface area contributed by atoms with Crippen LogP contribution in [0.3, 0.4) is 0 Å². The van der Waals surface area contributed by atoms with E-state index in [1.54, 1.807) is 0 Å². The van der Waals surface area contributed by atoms with E-state index in [0.29, 0.717) is 34.9 Å². The highest BCUT2D eigenvalue weighted by molar-refractivity contribution is 9.10. The molecule has 18 aromatic carbocycles. The molecule has 0 unspecified atom stereocenters. The second kappa shape index (κ2) is 33.0. The van der Waals surface area contributed by atoms with Crippen molar-refractivity contribution in [2.75, 3.05) is 0 Å². The first-order valence-electron chi connectivity index (χ1n) is 56.2. The number of aromatic nitrogens is 9. The molecule has 0 aliphatic rings. The number of halogens is 1. The van der Waals surface area contributed by atoms with Crippen molar-refractivity contribution < 1.29 is 41.6 Å². The number of para-hydroxylation sites is 3. The molecule has 8 heterocycles. The topological polar surface area (TPSA) is 114 Å². The Morgan fingerprint density at radius 1 is 0.213 bits per heavy atom. The van der Waals surface area contributed by atoms with E-state index in [0.717, 1.165) is 43.5 Å². The summed E-state index contributed by atoms with van der Waals surface area (Å²) in [5.74, 6) is 3.97. The molecule has 2 N–H and O–H groups in total. The number of nitrogens with zero attached hydrogens (tertiary/aromatic N) is 7. The third-order valence-corrected chi connectivity index (χ3v) is 27.9. The van der Waals surface area contributed by atoms with Gasteiger partial charge in [0.1, 0.15) is 0 Å². The lowest BCUT2D eigenvalue weighted by molar-refractivity contribution is 1.07. The Bertz CT molecular complexity index is 8420. The quantitative estimate of drug-likeness (QED) is 0.141. The standard InChI is InChI=1S/C45H28N4S.2C24H15NS.C21H14BrN3.14H2/c1-3-12-29(13-4-1)43-46-44(30-14-5-2-6-15-30)48-45(47-43)31-22-25-33(26-23-31)49-39-20-9-7-16-35(39)36-27-24-32(28-40(36)49)34-18-11-19-38-37-17-8-10-21-41(37)50-42(34)38;2*1-3-10-21-17(6-1)18-13-12-15(14-22(18)25-21)16-8-5-9-20-19-7-2-4-11-23(19)26-24(16)20;22-18-13-11-17(12-14-18)21-24-19(15-7-3-1-4-8-15)23-20(25-21)16-9-5-2-6-10-16;;;;;;;;;;;;;;/h1-28H;2*1-14,25H;1-14H;14*1H/i;;;;14*1+1D. The highest BCUT2D eigenvalue weighted by atomic mass is 79.9. The van der Waals surface area contributed by atoms with E-state index in [4.69, 9.17) is 66.5 Å². The minimum absolute atomic E-state index is 0.644. The Morgan fingerprint density at radius 3 is 0.874 bits per heavy atom. The SMILES string of the molecule is Brc1ccc(-c2nc(-c3ccccc3)nc(-c3ccccc3)n2)cc1.[2H][2H].[2H][2H].[2H][2H].[2H][2H].[2H][2H].[2H][2H].[2H][2H].[2H][2H].[2H][2H].[2H][2H].[2H][2H].[2H][2H].[2H][2H].[2H][2H].c1ccc(-c2nc(-c3ccccc3)nc(-c3ccc(-n4c5ccccc5c5ccc(-c6cccc7c6sc6ccccc67)cc54)cc3)n2)cc1.c1ccc2c(c1)[nH]c1cc(-c3cccc4c3sc3ccccc34)ccc12.c1ccc2c(c1)[nH]c1cc(-c3cccc4c3sc3ccccc34)ccc12. The Balaban J connectivity index is 0.000000220. The van der Waals surface area contributed by atoms with Crippen molar-refractivity contribution in [3.63, 3.8) is 0 Å². The zero-order valence-corrected chi connectivity index (χ0v) is 72.2. The van der Waals surface area contributed by atoms with Gasteiger partial charge in [-0.25, -0.2) is 29.9 Å². The van der Waals surface area contributed by atoms with Crippen LogP contribution in [0.5, 0.6) is 0 Å². The normalized spacial score (nSPS) is 12.4. The number of hydrogen-bond donors (Lipinski definition) is 2. The second-order valence-electron chi connectivity index (χ2n) is 31.4. The van der Waals surface area contributed by atoms with E-state index >= 15 is 0 Å². The molecule has 26 aromatic rings. The van der Waals surface area contributed by atoms with E-state index in [2.05, 4.69) is 315 Å². The first-order chi connectivity index (χ1) is 76.8. The van der Waals surface area contributed by atoms with Crippen LogP contribution >= 0.6 is 49.9 Å². The molecule has 0 saturated heterocycles. The van der Waals surface area contributed by atoms with Gasteiger partial charge in [-0.15, -0.1) is 34.0 Å². The van der Waals surface area contributed by atoms with E-state index in [9.17, 15) is 0 Å². The van der Waals surface area contributed by atoms with Crippen LogP contribution in [0.1, 0.15) is 41.6 Å². The van der Waals surface area contributed by atoms with Gasteiger partial charge in [-0.2, -0.15) is 0 Å². The number of nitrogens with one attached hydrogen (secondary N) is 2. The van der Waals surface area contributed by atoms with Crippen molar-refractivity contribution >= 4 is 176 Å². The number of fused-ring (bicyclic) bond motifs is 18. The smallest absolute Gasteiger partial charge is 0.164 e. The molecule has 26 rings (SSSR count). The highest BCUT2D eigenvalue weighted by Gasteiger charge is 2.21. The third-order valence-electron chi connectivity index (χ3n) is 23.7. The summed E-state index contributed by atoms with van der Waals surface area (Å²) >= 11 is 9.10. The molecular weight excluding hydrogens is 1670 g/mol. The average molecular weight is 1800 g/mol. The molecule has 0 aliphatic carbocycles. The van der Waals surface area contributed by atoms with Crippen molar-refractivity contribution in [1.29, 1.82) is 0 Å². The Morgan fingerprint density at radius 2 is 0.488 bits per heavy atom. The molecule has 0 atom stereocenters. The summed E-state index contributed by atoms with van der Waals surface area (Å²) in [4.78, 5) is 36.0. The Labute approximate surface area is 794 Å². The van der Waals surface area contributed by atoms with Gasteiger partial charge in [0.25, 0.3) is 0 Å². The maximum Gasteiger partial charge on any atom is 0.164 e. The van der Waals surface area contributed by atoms with Crippen LogP contribution in [0.15, 0.2) is 429 Å². The molecule has 0 saturated carbocycles. The highest BCUT2D eigenvalue weighted by Crippen LogP contribution is 2.46. The van der Waals surface area contributed by atoms with Gasteiger partial charge in [-0.05, 0) is 124 Å². The van der Waals surface area contributed by atoms with E-state index < -0.39 is 0 Å². The summed E-state index contributed by atoms with van der Waals surface area (Å²) in [5, 5.41) is 15.6. The fourth-order valence-corrected chi connectivity index (χ4v) is 21.6. The first kappa shape index (κ1) is 62.6. The fraction of sp³-hybridized carbons (Fsp3) is 0.